The first kappa shape index (κ1) is 14.5. The number of imide groups is 1. The van der Waals surface area contributed by atoms with Gasteiger partial charge < -0.3 is 10.0 Å². The molecule has 0 spiro atoms. The second-order valence-electron chi connectivity index (χ2n) is 6.41. The molecule has 3 rings (SSSR count). The normalized spacial score (nSPS) is 24.8. The second kappa shape index (κ2) is 5.38. The second-order valence-corrected chi connectivity index (χ2v) is 6.41. The summed E-state index contributed by atoms with van der Waals surface area (Å²) >= 11 is 0. The van der Waals surface area contributed by atoms with Crippen LogP contribution in [0.5, 0.6) is 0 Å². The smallest absolute Gasteiger partial charge is 0.246 e. The van der Waals surface area contributed by atoms with Crippen LogP contribution in [0, 0.1) is 5.92 Å². The molecule has 3 aliphatic rings. The van der Waals surface area contributed by atoms with Crippen molar-refractivity contribution in [3.8, 4) is 0 Å². The summed E-state index contributed by atoms with van der Waals surface area (Å²) in [6.45, 7) is 1.67. The summed E-state index contributed by atoms with van der Waals surface area (Å²) in [7, 11) is 0. The molecule has 2 heterocycles. The highest BCUT2D eigenvalue weighted by molar-refractivity contribution is 5.98. The van der Waals surface area contributed by atoms with E-state index in [4.69, 9.17) is 0 Å². The molecule has 0 aromatic carbocycles. The van der Waals surface area contributed by atoms with Crippen LogP contribution in [0.4, 0.5) is 0 Å². The Balaban J connectivity index is 1.36. The lowest BCUT2D eigenvalue weighted by atomic mass is 9.89. The highest BCUT2D eigenvalue weighted by Gasteiger charge is 2.51. The molecule has 2 aliphatic heterocycles. The van der Waals surface area contributed by atoms with E-state index in [1.165, 1.54) is 4.90 Å². The number of hydrogen-bond acceptors (Lipinski definition) is 5. The van der Waals surface area contributed by atoms with Gasteiger partial charge in [-0.2, -0.15) is 0 Å². The lowest BCUT2D eigenvalue weighted by Gasteiger charge is -2.46. The highest BCUT2D eigenvalue weighted by Crippen LogP contribution is 2.44. The summed E-state index contributed by atoms with van der Waals surface area (Å²) in [5.74, 6) is -0.452. The van der Waals surface area contributed by atoms with Crippen molar-refractivity contribution in [2.24, 2.45) is 5.92 Å². The van der Waals surface area contributed by atoms with Crippen molar-refractivity contribution in [3.63, 3.8) is 0 Å². The van der Waals surface area contributed by atoms with Crippen molar-refractivity contribution in [1.82, 2.24) is 15.1 Å². The number of rotatable bonds is 5. The van der Waals surface area contributed by atoms with E-state index >= 15 is 0 Å². The van der Waals surface area contributed by atoms with Crippen molar-refractivity contribution in [1.29, 1.82) is 0 Å². The third-order valence-electron chi connectivity index (χ3n) is 4.48. The number of carbonyl (C=O) groups is 3. The number of β-amino-alcohol motifs (C(OH)–C–C–N with tert-alkyl or cyclic N) is 1. The molecule has 116 valence electrons. The summed E-state index contributed by atoms with van der Waals surface area (Å²) in [5.41, 5.74) is -0.619. The van der Waals surface area contributed by atoms with Crippen LogP contribution in [-0.4, -0.2) is 71.0 Å². The van der Waals surface area contributed by atoms with Crippen LogP contribution in [0.2, 0.25) is 0 Å². The van der Waals surface area contributed by atoms with Crippen LogP contribution in [0.25, 0.3) is 0 Å². The van der Waals surface area contributed by atoms with Crippen LogP contribution in [0.15, 0.2) is 0 Å². The van der Waals surface area contributed by atoms with Crippen LogP contribution in [-0.2, 0) is 14.4 Å². The van der Waals surface area contributed by atoms with Gasteiger partial charge in [-0.3, -0.25) is 24.6 Å². The van der Waals surface area contributed by atoms with Crippen molar-refractivity contribution in [3.05, 3.63) is 0 Å². The number of nitrogens with zero attached hydrogens (tertiary/aromatic N) is 2. The lowest BCUT2D eigenvalue weighted by molar-refractivity contribution is -0.141. The van der Waals surface area contributed by atoms with E-state index in [0.29, 0.717) is 32.0 Å². The fourth-order valence-corrected chi connectivity index (χ4v) is 3.20. The first-order valence-electron chi connectivity index (χ1n) is 7.51. The van der Waals surface area contributed by atoms with Crippen LogP contribution in [0.1, 0.15) is 25.7 Å². The molecule has 7 nitrogen and oxygen atoms in total. The van der Waals surface area contributed by atoms with Gasteiger partial charge in [0.25, 0.3) is 0 Å². The van der Waals surface area contributed by atoms with Crippen molar-refractivity contribution < 1.29 is 19.5 Å². The quantitative estimate of drug-likeness (QED) is 0.658. The average Bonchev–Trinajstić information content (AvgIpc) is 3.14. The zero-order valence-electron chi connectivity index (χ0n) is 12.0. The minimum absolute atomic E-state index is 0.0326. The lowest BCUT2D eigenvalue weighted by Crippen LogP contribution is -2.64. The Morgan fingerprint density at radius 1 is 1.24 bits per heavy atom. The van der Waals surface area contributed by atoms with Crippen molar-refractivity contribution in [2.45, 2.75) is 31.3 Å². The fourth-order valence-electron chi connectivity index (χ4n) is 3.20. The molecule has 3 fully saturated rings. The minimum atomic E-state index is -0.619. The molecular formula is C14H21N3O4. The molecule has 0 atom stereocenters. The Labute approximate surface area is 123 Å². The third kappa shape index (κ3) is 3.24. The van der Waals surface area contributed by atoms with Gasteiger partial charge in [0.15, 0.2) is 0 Å². The molecule has 0 aromatic rings. The van der Waals surface area contributed by atoms with Gasteiger partial charge in [-0.05, 0) is 25.2 Å². The molecule has 2 saturated heterocycles. The molecule has 3 amide bonds. The maximum Gasteiger partial charge on any atom is 0.246 e. The van der Waals surface area contributed by atoms with E-state index in [9.17, 15) is 19.5 Å². The van der Waals surface area contributed by atoms with Gasteiger partial charge in [0, 0.05) is 26.1 Å². The van der Waals surface area contributed by atoms with Gasteiger partial charge in [0.05, 0.1) is 18.7 Å². The number of amides is 3. The fraction of sp³-hybridized carbons (Fsp3) is 0.786. The number of aliphatic hydroxyl groups is 1. The van der Waals surface area contributed by atoms with Gasteiger partial charge in [0.2, 0.25) is 17.7 Å². The van der Waals surface area contributed by atoms with E-state index < -0.39 is 11.5 Å². The minimum Gasteiger partial charge on any atom is -0.387 e. The average molecular weight is 295 g/mol. The summed E-state index contributed by atoms with van der Waals surface area (Å²) in [5, 5.41) is 12.5. The maximum absolute atomic E-state index is 11.7. The Morgan fingerprint density at radius 3 is 2.48 bits per heavy atom. The van der Waals surface area contributed by atoms with Crippen LogP contribution in [0.3, 0.4) is 0 Å². The zero-order valence-corrected chi connectivity index (χ0v) is 12.0. The number of hydrogen-bond donors (Lipinski definition) is 2. The molecule has 21 heavy (non-hydrogen) atoms. The van der Waals surface area contributed by atoms with Gasteiger partial charge in [0.1, 0.15) is 0 Å². The molecular weight excluding hydrogens is 274 g/mol. The van der Waals surface area contributed by atoms with Gasteiger partial charge >= 0.3 is 0 Å². The van der Waals surface area contributed by atoms with Gasteiger partial charge in [-0.25, -0.2) is 0 Å². The molecule has 0 bridgehead atoms. The number of nitrogens with one attached hydrogen (secondary N) is 1. The Bertz CT molecular complexity index is 469. The topological polar surface area (TPSA) is 90.0 Å². The Kier molecular flexibility index (Phi) is 3.71. The molecule has 7 heteroatoms. The van der Waals surface area contributed by atoms with E-state index in [0.717, 1.165) is 19.3 Å². The molecule has 0 unspecified atom stereocenters. The van der Waals surface area contributed by atoms with Crippen molar-refractivity contribution >= 4 is 17.7 Å². The van der Waals surface area contributed by atoms with Crippen molar-refractivity contribution in [2.75, 3.05) is 32.7 Å². The van der Waals surface area contributed by atoms with Crippen LogP contribution < -0.4 is 5.32 Å². The number of carbonyl (C=O) groups excluding carboxylic acids is 3. The summed E-state index contributed by atoms with van der Waals surface area (Å²) in [6, 6.07) is 0. The van der Waals surface area contributed by atoms with E-state index in [-0.39, 0.29) is 24.9 Å². The molecule has 0 aromatic heterocycles. The summed E-state index contributed by atoms with van der Waals surface area (Å²) in [6.07, 6.45) is 3.39. The molecule has 1 aliphatic carbocycles. The largest absolute Gasteiger partial charge is 0.387 e. The summed E-state index contributed by atoms with van der Waals surface area (Å²) < 4.78 is 0. The number of likely N-dealkylation sites (tertiary alicyclic amines) is 2. The Hall–Kier alpha value is -1.47. The van der Waals surface area contributed by atoms with Gasteiger partial charge in [-0.1, -0.05) is 0 Å². The first-order valence-corrected chi connectivity index (χ1v) is 7.51. The monoisotopic (exact) mass is 295 g/mol. The first-order chi connectivity index (χ1) is 9.96. The SMILES string of the molecule is O=C(CN1CC(O)(C2CC2)C1)NC(=O)CN1CCCC1=O. The van der Waals surface area contributed by atoms with Crippen LogP contribution >= 0.6 is 0 Å². The highest BCUT2D eigenvalue weighted by atomic mass is 16.3. The van der Waals surface area contributed by atoms with Gasteiger partial charge in [-0.15, -0.1) is 0 Å². The Morgan fingerprint density at radius 2 is 1.90 bits per heavy atom. The maximum atomic E-state index is 11.7. The zero-order chi connectivity index (χ0) is 15.0. The third-order valence-corrected chi connectivity index (χ3v) is 4.48. The predicted molar refractivity (Wildman–Crippen MR) is 73.1 cm³/mol. The standard InChI is InChI=1S/C14H21N3O4/c18-11(6-16-8-14(21,9-16)10-3-4-10)15-12(19)7-17-5-1-2-13(17)20/h10,21H,1-9H2,(H,15,18,19). The molecule has 1 saturated carbocycles. The van der Waals surface area contributed by atoms with E-state index in [2.05, 4.69) is 5.32 Å². The predicted octanol–water partition coefficient (Wildman–Crippen LogP) is -1.29. The van der Waals surface area contributed by atoms with E-state index in [1.807, 2.05) is 4.90 Å². The summed E-state index contributed by atoms with van der Waals surface area (Å²) in [4.78, 5) is 38.1. The molecule has 0 radical (unpaired) electrons. The van der Waals surface area contributed by atoms with E-state index in [1.54, 1.807) is 0 Å². The molecule has 2 N–H and O–H groups in total.